The second-order valence-electron chi connectivity index (χ2n) is 5.39. The van der Waals surface area contributed by atoms with Crippen molar-refractivity contribution in [2.45, 2.75) is 65.2 Å². The van der Waals surface area contributed by atoms with Crippen molar-refractivity contribution in [3.8, 4) is 0 Å². The molecule has 1 nitrogen and oxygen atoms in total. The van der Waals surface area contributed by atoms with Gasteiger partial charge in [0.15, 0.2) is 0 Å². The third-order valence-corrected chi connectivity index (χ3v) is 4.13. The Hall–Kier alpha value is -0.330. The molecule has 0 aromatic carbocycles. The van der Waals surface area contributed by atoms with Crippen molar-refractivity contribution in [1.29, 1.82) is 0 Å². The zero-order chi connectivity index (χ0) is 10.2. The Morgan fingerprint density at radius 1 is 0.929 bits per heavy atom. The summed E-state index contributed by atoms with van der Waals surface area (Å²) in [6.07, 6.45) is 9.39. The lowest BCUT2D eigenvalue weighted by Gasteiger charge is -2.20. The molecule has 2 rings (SSSR count). The molecule has 0 aromatic rings. The summed E-state index contributed by atoms with van der Waals surface area (Å²) >= 11 is 0. The van der Waals surface area contributed by atoms with E-state index in [9.17, 15) is 4.79 Å². The van der Waals surface area contributed by atoms with Crippen LogP contribution in [0.3, 0.4) is 0 Å². The third kappa shape index (κ3) is 1.51. The van der Waals surface area contributed by atoms with E-state index in [2.05, 4.69) is 13.8 Å². The molecular formula is C13H22O. The molecule has 0 unspecified atom stereocenters. The van der Waals surface area contributed by atoms with Gasteiger partial charge in [0.1, 0.15) is 5.78 Å². The number of ketones is 1. The van der Waals surface area contributed by atoms with Crippen LogP contribution >= 0.6 is 0 Å². The van der Waals surface area contributed by atoms with E-state index in [0.717, 1.165) is 12.8 Å². The minimum atomic E-state index is 0.167. The standard InChI is InChI=1S/C13H22O/c1-3-5-12(7-8-12)11(14)13(6-4-2)9-10-13/h3-10H2,1-2H3. The summed E-state index contributed by atoms with van der Waals surface area (Å²) < 4.78 is 0. The average Bonchev–Trinajstić information content (AvgIpc) is 3.01. The molecule has 2 aliphatic carbocycles. The van der Waals surface area contributed by atoms with Crippen molar-refractivity contribution < 1.29 is 4.79 Å². The first kappa shape index (κ1) is 10.2. The molecule has 2 fully saturated rings. The molecule has 80 valence electrons. The van der Waals surface area contributed by atoms with Crippen molar-refractivity contribution in [2.75, 3.05) is 0 Å². The molecule has 1 heteroatoms. The van der Waals surface area contributed by atoms with E-state index in [0.29, 0.717) is 5.78 Å². The lowest BCUT2D eigenvalue weighted by atomic mass is 9.82. The maximum absolute atomic E-state index is 12.4. The molecule has 0 spiro atoms. The predicted octanol–water partition coefficient (Wildman–Crippen LogP) is 3.72. The van der Waals surface area contributed by atoms with Crippen LogP contribution in [0, 0.1) is 10.8 Å². The summed E-state index contributed by atoms with van der Waals surface area (Å²) in [4.78, 5) is 12.4. The normalized spacial score (nSPS) is 25.9. The third-order valence-electron chi connectivity index (χ3n) is 4.13. The quantitative estimate of drug-likeness (QED) is 0.630. The highest BCUT2D eigenvalue weighted by molar-refractivity contribution is 5.94. The van der Waals surface area contributed by atoms with Crippen LogP contribution in [0.2, 0.25) is 0 Å². The molecule has 0 N–H and O–H groups in total. The van der Waals surface area contributed by atoms with Gasteiger partial charge in [-0.1, -0.05) is 26.7 Å². The van der Waals surface area contributed by atoms with Crippen molar-refractivity contribution >= 4 is 5.78 Å². The van der Waals surface area contributed by atoms with E-state index in [4.69, 9.17) is 0 Å². The Bertz CT molecular complexity index is 210. The van der Waals surface area contributed by atoms with Crippen molar-refractivity contribution in [3.05, 3.63) is 0 Å². The highest BCUT2D eigenvalue weighted by Gasteiger charge is 2.60. The highest BCUT2D eigenvalue weighted by Crippen LogP contribution is 2.62. The number of carbonyl (C=O) groups excluding carboxylic acids is 1. The lowest BCUT2D eigenvalue weighted by molar-refractivity contribution is -0.130. The zero-order valence-electron chi connectivity index (χ0n) is 9.57. The molecule has 14 heavy (non-hydrogen) atoms. The fourth-order valence-corrected chi connectivity index (χ4v) is 3.00. The minimum Gasteiger partial charge on any atom is -0.298 e. The van der Waals surface area contributed by atoms with Crippen LogP contribution in [0.1, 0.15) is 65.2 Å². The SMILES string of the molecule is CCCC1(C(=O)C2(CCC)CC2)CC1. The molecule has 0 aliphatic heterocycles. The van der Waals surface area contributed by atoms with Gasteiger partial charge in [0.05, 0.1) is 0 Å². The molecule has 0 radical (unpaired) electrons. The summed E-state index contributed by atoms with van der Waals surface area (Å²) in [6.45, 7) is 4.40. The fourth-order valence-electron chi connectivity index (χ4n) is 3.00. The van der Waals surface area contributed by atoms with Gasteiger partial charge in [-0.25, -0.2) is 0 Å². The Kier molecular flexibility index (Phi) is 2.45. The number of rotatable bonds is 6. The highest BCUT2D eigenvalue weighted by atomic mass is 16.1. The van der Waals surface area contributed by atoms with Gasteiger partial charge in [0, 0.05) is 10.8 Å². The maximum atomic E-state index is 12.4. The summed E-state index contributed by atoms with van der Waals surface area (Å²) in [5, 5.41) is 0. The van der Waals surface area contributed by atoms with Crippen LogP contribution in [0.15, 0.2) is 0 Å². The van der Waals surface area contributed by atoms with E-state index in [1.54, 1.807) is 0 Å². The largest absolute Gasteiger partial charge is 0.298 e. The summed E-state index contributed by atoms with van der Waals surface area (Å²) in [6, 6.07) is 0. The number of hydrogen-bond acceptors (Lipinski definition) is 1. The van der Waals surface area contributed by atoms with Crippen LogP contribution in [-0.4, -0.2) is 5.78 Å². The van der Waals surface area contributed by atoms with Gasteiger partial charge in [-0.2, -0.15) is 0 Å². The molecule has 2 aliphatic rings. The fraction of sp³-hybridized carbons (Fsp3) is 0.923. The van der Waals surface area contributed by atoms with Gasteiger partial charge in [0.2, 0.25) is 0 Å². The average molecular weight is 194 g/mol. The monoisotopic (exact) mass is 194 g/mol. The minimum absolute atomic E-state index is 0.167. The first-order valence-corrected chi connectivity index (χ1v) is 6.24. The Morgan fingerprint density at radius 3 is 1.50 bits per heavy atom. The molecule has 2 saturated carbocycles. The van der Waals surface area contributed by atoms with E-state index >= 15 is 0 Å². The molecule has 0 heterocycles. The zero-order valence-corrected chi connectivity index (χ0v) is 9.57. The van der Waals surface area contributed by atoms with Crippen LogP contribution in [-0.2, 0) is 4.79 Å². The van der Waals surface area contributed by atoms with Gasteiger partial charge in [-0.05, 0) is 38.5 Å². The lowest BCUT2D eigenvalue weighted by Crippen LogP contribution is -2.26. The number of Topliss-reactive ketones (excluding diaryl/α,β-unsaturated/α-hetero) is 1. The number of hydrogen-bond donors (Lipinski definition) is 0. The maximum Gasteiger partial charge on any atom is 0.145 e. The Morgan fingerprint density at radius 2 is 1.29 bits per heavy atom. The first-order chi connectivity index (χ1) is 6.69. The summed E-state index contributed by atoms with van der Waals surface area (Å²) in [5.41, 5.74) is 0.334. The van der Waals surface area contributed by atoms with Gasteiger partial charge in [-0.3, -0.25) is 4.79 Å². The van der Waals surface area contributed by atoms with E-state index in [-0.39, 0.29) is 10.8 Å². The number of carbonyl (C=O) groups is 1. The summed E-state index contributed by atoms with van der Waals surface area (Å²) in [5.74, 6) is 0.647. The van der Waals surface area contributed by atoms with Gasteiger partial charge >= 0.3 is 0 Å². The van der Waals surface area contributed by atoms with Gasteiger partial charge in [0.25, 0.3) is 0 Å². The van der Waals surface area contributed by atoms with Crippen LogP contribution in [0.4, 0.5) is 0 Å². The Balaban J connectivity index is 2.01. The van der Waals surface area contributed by atoms with E-state index in [1.165, 1.54) is 38.5 Å². The second kappa shape index (κ2) is 3.36. The molecule has 0 amide bonds. The summed E-state index contributed by atoms with van der Waals surface area (Å²) in [7, 11) is 0. The van der Waals surface area contributed by atoms with Gasteiger partial charge in [-0.15, -0.1) is 0 Å². The molecule has 0 saturated heterocycles. The first-order valence-electron chi connectivity index (χ1n) is 6.24. The van der Waals surface area contributed by atoms with Crippen LogP contribution in [0.5, 0.6) is 0 Å². The molecule has 0 aromatic heterocycles. The Labute approximate surface area is 87.3 Å². The molecule has 0 atom stereocenters. The molecular weight excluding hydrogens is 172 g/mol. The topological polar surface area (TPSA) is 17.1 Å². The second-order valence-corrected chi connectivity index (χ2v) is 5.39. The molecule has 0 bridgehead atoms. The van der Waals surface area contributed by atoms with Gasteiger partial charge < -0.3 is 0 Å². The smallest absolute Gasteiger partial charge is 0.145 e. The van der Waals surface area contributed by atoms with Crippen molar-refractivity contribution in [1.82, 2.24) is 0 Å². The van der Waals surface area contributed by atoms with Crippen molar-refractivity contribution in [2.24, 2.45) is 10.8 Å². The van der Waals surface area contributed by atoms with Crippen LogP contribution in [0.25, 0.3) is 0 Å². The van der Waals surface area contributed by atoms with E-state index < -0.39 is 0 Å². The predicted molar refractivity (Wildman–Crippen MR) is 58.2 cm³/mol. The van der Waals surface area contributed by atoms with Crippen molar-refractivity contribution in [3.63, 3.8) is 0 Å². The van der Waals surface area contributed by atoms with Crippen LogP contribution < -0.4 is 0 Å². The van der Waals surface area contributed by atoms with E-state index in [1.807, 2.05) is 0 Å².